The van der Waals surface area contributed by atoms with Crippen molar-refractivity contribution in [3.8, 4) is 17.1 Å². The number of hydrogen-bond donors (Lipinski definition) is 1. The molecule has 1 N–H and O–H groups in total. The van der Waals surface area contributed by atoms with Crippen LogP contribution in [-0.2, 0) is 4.79 Å². The van der Waals surface area contributed by atoms with Gasteiger partial charge in [-0.1, -0.05) is 51.8 Å². The van der Waals surface area contributed by atoms with E-state index in [2.05, 4.69) is 26.5 Å². The van der Waals surface area contributed by atoms with E-state index < -0.39 is 5.91 Å². The number of hydrogen-bond acceptors (Lipinski definition) is 4. The lowest BCUT2D eigenvalue weighted by Gasteiger charge is -2.06. The maximum absolute atomic E-state index is 11.7. The van der Waals surface area contributed by atoms with Crippen LogP contribution in [0.15, 0.2) is 74.7 Å². The topological polar surface area (TPSA) is 63.8 Å². The molecule has 0 aliphatic carbocycles. The second kappa shape index (κ2) is 8.69. The number of rotatable bonds is 6. The molecule has 0 unspecified atom stereocenters. The predicted molar refractivity (Wildman–Crippen MR) is 105 cm³/mol. The van der Waals surface area contributed by atoms with Gasteiger partial charge in [-0.05, 0) is 36.4 Å². The minimum absolute atomic E-state index is 0.191. The van der Waals surface area contributed by atoms with Gasteiger partial charge in [0.1, 0.15) is 17.3 Å². The highest BCUT2D eigenvalue weighted by Gasteiger charge is 2.05. The number of benzene rings is 2. The van der Waals surface area contributed by atoms with Gasteiger partial charge in [0.15, 0.2) is 6.61 Å². The molecule has 0 saturated heterocycles. The minimum Gasteiger partial charge on any atom is -0.482 e. The van der Waals surface area contributed by atoms with E-state index in [9.17, 15) is 4.79 Å². The highest BCUT2D eigenvalue weighted by atomic mass is 79.9. The lowest BCUT2D eigenvalue weighted by Crippen LogP contribution is -2.24. The number of halogens is 2. The third-order valence-corrected chi connectivity index (χ3v) is 4.17. The van der Waals surface area contributed by atoms with Crippen LogP contribution in [0.25, 0.3) is 11.3 Å². The van der Waals surface area contributed by atoms with Gasteiger partial charge in [-0.15, -0.1) is 0 Å². The first-order valence-electron chi connectivity index (χ1n) is 7.67. The summed E-state index contributed by atoms with van der Waals surface area (Å²) in [6, 6.07) is 18.3. The summed E-state index contributed by atoms with van der Waals surface area (Å²) in [7, 11) is 0. The Kier molecular flexibility index (Phi) is 6.09. The van der Waals surface area contributed by atoms with Gasteiger partial charge in [0.25, 0.3) is 5.91 Å². The van der Waals surface area contributed by atoms with E-state index in [-0.39, 0.29) is 6.61 Å². The first-order valence-corrected chi connectivity index (χ1v) is 8.84. The van der Waals surface area contributed by atoms with Gasteiger partial charge in [-0.3, -0.25) is 4.79 Å². The van der Waals surface area contributed by atoms with Gasteiger partial charge >= 0.3 is 0 Å². The Morgan fingerprint density at radius 2 is 1.92 bits per heavy atom. The van der Waals surface area contributed by atoms with Gasteiger partial charge in [-0.2, -0.15) is 5.10 Å². The first-order chi connectivity index (χ1) is 12.6. The molecule has 1 amide bonds. The smallest absolute Gasteiger partial charge is 0.277 e. The van der Waals surface area contributed by atoms with Crippen LogP contribution in [0.2, 0.25) is 5.02 Å². The maximum Gasteiger partial charge on any atom is 0.277 e. The molecule has 3 rings (SSSR count). The van der Waals surface area contributed by atoms with E-state index in [4.69, 9.17) is 20.8 Å². The third-order valence-electron chi connectivity index (χ3n) is 3.33. The molecule has 0 bridgehead atoms. The van der Waals surface area contributed by atoms with Crippen LogP contribution in [-0.4, -0.2) is 18.7 Å². The minimum atomic E-state index is -0.402. The number of para-hydroxylation sites is 1. The molecule has 3 aromatic rings. The molecule has 5 nitrogen and oxygen atoms in total. The van der Waals surface area contributed by atoms with Crippen molar-refractivity contribution in [3.63, 3.8) is 0 Å². The van der Waals surface area contributed by atoms with Crippen LogP contribution in [0.4, 0.5) is 0 Å². The number of ether oxygens (including phenoxy) is 1. The lowest BCUT2D eigenvalue weighted by atomic mass is 10.2. The SMILES string of the molecule is O=C(COc1ccccc1Cl)NN=Cc1ccc(-c2ccc(Br)cc2)o1. The van der Waals surface area contributed by atoms with Crippen molar-refractivity contribution in [1.29, 1.82) is 0 Å². The monoisotopic (exact) mass is 432 g/mol. The number of nitrogens with zero attached hydrogens (tertiary/aromatic N) is 1. The molecular formula is C19H14BrClN2O3. The van der Waals surface area contributed by atoms with Crippen molar-refractivity contribution in [1.82, 2.24) is 5.43 Å². The molecule has 0 fully saturated rings. The van der Waals surface area contributed by atoms with Crippen LogP contribution in [0.1, 0.15) is 5.76 Å². The fourth-order valence-electron chi connectivity index (χ4n) is 2.10. The van der Waals surface area contributed by atoms with Gasteiger partial charge in [-0.25, -0.2) is 5.43 Å². The zero-order chi connectivity index (χ0) is 18.4. The Hall–Kier alpha value is -2.57. The fraction of sp³-hybridized carbons (Fsp3) is 0.0526. The van der Waals surface area contributed by atoms with Crippen LogP contribution in [0.5, 0.6) is 5.75 Å². The van der Waals surface area contributed by atoms with Gasteiger partial charge in [0.2, 0.25) is 0 Å². The highest BCUT2D eigenvalue weighted by molar-refractivity contribution is 9.10. The summed E-state index contributed by atoms with van der Waals surface area (Å²) < 4.78 is 12.0. The summed E-state index contributed by atoms with van der Waals surface area (Å²) in [5.74, 6) is 1.28. The van der Waals surface area contributed by atoms with E-state index in [1.54, 1.807) is 30.3 Å². The summed E-state index contributed by atoms with van der Waals surface area (Å²) in [5.41, 5.74) is 3.32. The average Bonchev–Trinajstić information content (AvgIpc) is 3.10. The first kappa shape index (κ1) is 18.2. The third kappa shape index (κ3) is 4.97. The number of nitrogens with one attached hydrogen (secondary N) is 1. The van der Waals surface area contributed by atoms with E-state index in [1.807, 2.05) is 30.3 Å². The molecule has 0 radical (unpaired) electrons. The molecule has 0 aliphatic rings. The molecule has 132 valence electrons. The van der Waals surface area contributed by atoms with Crippen LogP contribution < -0.4 is 10.2 Å². The molecule has 26 heavy (non-hydrogen) atoms. The molecule has 2 aromatic carbocycles. The van der Waals surface area contributed by atoms with Crippen molar-refractivity contribution < 1.29 is 13.9 Å². The molecule has 0 aliphatic heterocycles. The van der Waals surface area contributed by atoms with Gasteiger partial charge in [0.05, 0.1) is 11.2 Å². The largest absolute Gasteiger partial charge is 0.482 e. The Morgan fingerprint density at radius 3 is 2.69 bits per heavy atom. The highest BCUT2D eigenvalue weighted by Crippen LogP contribution is 2.24. The second-order valence-electron chi connectivity index (χ2n) is 5.22. The maximum atomic E-state index is 11.7. The number of furan rings is 1. The molecule has 1 aromatic heterocycles. The Morgan fingerprint density at radius 1 is 1.15 bits per heavy atom. The normalized spacial score (nSPS) is 10.8. The molecule has 0 spiro atoms. The van der Waals surface area contributed by atoms with E-state index in [0.717, 1.165) is 10.0 Å². The summed E-state index contributed by atoms with van der Waals surface area (Å²) in [5, 5.41) is 4.30. The quantitative estimate of drug-likeness (QED) is 0.444. The van der Waals surface area contributed by atoms with E-state index in [0.29, 0.717) is 22.3 Å². The second-order valence-corrected chi connectivity index (χ2v) is 6.54. The number of amides is 1. The van der Waals surface area contributed by atoms with E-state index in [1.165, 1.54) is 6.21 Å². The summed E-state index contributed by atoms with van der Waals surface area (Å²) in [6.45, 7) is -0.191. The summed E-state index contributed by atoms with van der Waals surface area (Å²) in [4.78, 5) is 11.7. The van der Waals surface area contributed by atoms with Crippen molar-refractivity contribution in [2.75, 3.05) is 6.61 Å². The lowest BCUT2D eigenvalue weighted by molar-refractivity contribution is -0.123. The fourth-order valence-corrected chi connectivity index (χ4v) is 2.55. The summed E-state index contributed by atoms with van der Waals surface area (Å²) >= 11 is 9.35. The zero-order valence-corrected chi connectivity index (χ0v) is 15.8. The van der Waals surface area contributed by atoms with Crippen molar-refractivity contribution in [2.45, 2.75) is 0 Å². The Labute approximate surface area is 163 Å². The molecule has 0 atom stereocenters. The summed E-state index contributed by atoms with van der Waals surface area (Å²) in [6.07, 6.45) is 1.43. The molecule has 7 heteroatoms. The Bertz CT molecular complexity index is 923. The van der Waals surface area contributed by atoms with Crippen LogP contribution >= 0.6 is 27.5 Å². The number of carbonyl (C=O) groups excluding carboxylic acids is 1. The Balaban J connectivity index is 1.51. The van der Waals surface area contributed by atoms with Crippen molar-refractivity contribution >= 4 is 39.7 Å². The standard InChI is InChI=1S/C19H14BrClN2O3/c20-14-7-5-13(6-8-14)17-10-9-15(26-17)11-22-23-19(24)12-25-18-4-2-1-3-16(18)21/h1-11H,12H2,(H,23,24). The predicted octanol–water partition coefficient (Wildman–Crippen LogP) is 4.89. The van der Waals surface area contributed by atoms with Crippen molar-refractivity contribution in [2.24, 2.45) is 5.10 Å². The van der Waals surface area contributed by atoms with Crippen molar-refractivity contribution in [3.05, 3.63) is 75.9 Å². The van der Waals surface area contributed by atoms with E-state index >= 15 is 0 Å². The number of hydrazone groups is 1. The molecule has 0 saturated carbocycles. The van der Waals surface area contributed by atoms with Crippen LogP contribution in [0, 0.1) is 0 Å². The van der Waals surface area contributed by atoms with Gasteiger partial charge < -0.3 is 9.15 Å². The molecule has 1 heterocycles. The number of carbonyl (C=O) groups is 1. The van der Waals surface area contributed by atoms with Gasteiger partial charge in [0, 0.05) is 10.0 Å². The zero-order valence-electron chi connectivity index (χ0n) is 13.5. The average molecular weight is 434 g/mol. The van der Waals surface area contributed by atoms with Crippen LogP contribution in [0.3, 0.4) is 0 Å². The molecular weight excluding hydrogens is 420 g/mol.